The monoisotopic (exact) mass is 306 g/mol. The Morgan fingerprint density at radius 2 is 2.10 bits per heavy atom. The highest BCUT2D eigenvalue weighted by atomic mass is 32.2. The summed E-state index contributed by atoms with van der Waals surface area (Å²) in [5.74, 6) is -1.69. The van der Waals surface area contributed by atoms with Crippen LogP contribution in [-0.2, 0) is 20.8 Å². The number of hydrogen-bond donors (Lipinski definition) is 2. The first-order valence-corrected chi connectivity index (χ1v) is 7.49. The minimum Gasteiger partial charge on any atom is -0.480 e. The number of carboxylic acid groups (broad SMARTS) is 1. The number of rotatable bonds is 2. The Balaban J connectivity index is 1.78. The van der Waals surface area contributed by atoms with Crippen LogP contribution in [0.3, 0.4) is 0 Å². The largest absolute Gasteiger partial charge is 0.480 e. The van der Waals surface area contributed by atoms with E-state index in [1.807, 2.05) is 24.3 Å². The summed E-state index contributed by atoms with van der Waals surface area (Å²) in [6.45, 7) is -0.229. The summed E-state index contributed by atoms with van der Waals surface area (Å²) in [4.78, 5) is 37.6. The molecule has 0 aliphatic carbocycles. The fourth-order valence-corrected chi connectivity index (χ4v) is 3.86. The van der Waals surface area contributed by atoms with Crippen LogP contribution in [0.25, 0.3) is 0 Å². The highest BCUT2D eigenvalue weighted by Crippen LogP contribution is 2.37. The molecule has 0 spiro atoms. The summed E-state index contributed by atoms with van der Waals surface area (Å²) in [6.07, 6.45) is 0.574. The number of nitrogens with one attached hydrogen (secondary N) is 1. The summed E-state index contributed by atoms with van der Waals surface area (Å²) >= 11 is 1.44. The molecule has 0 saturated carbocycles. The van der Waals surface area contributed by atoms with Gasteiger partial charge in [-0.2, -0.15) is 0 Å². The van der Waals surface area contributed by atoms with Gasteiger partial charge in [-0.1, -0.05) is 18.2 Å². The Morgan fingerprint density at radius 1 is 1.33 bits per heavy atom. The van der Waals surface area contributed by atoms with Crippen molar-refractivity contribution in [1.82, 2.24) is 10.2 Å². The molecule has 1 fully saturated rings. The van der Waals surface area contributed by atoms with Crippen molar-refractivity contribution in [3.63, 3.8) is 0 Å². The van der Waals surface area contributed by atoms with Gasteiger partial charge in [-0.15, -0.1) is 11.8 Å². The molecule has 0 radical (unpaired) electrons. The maximum atomic E-state index is 12.6. The number of nitrogens with zero attached hydrogens (tertiary/aromatic N) is 1. The molecule has 3 rings (SSSR count). The Hall–Kier alpha value is -2.02. The first-order chi connectivity index (χ1) is 10.1. The van der Waals surface area contributed by atoms with Crippen molar-refractivity contribution in [1.29, 1.82) is 0 Å². The quantitative estimate of drug-likeness (QED) is 0.810. The molecule has 110 valence electrons. The van der Waals surface area contributed by atoms with Gasteiger partial charge >= 0.3 is 5.97 Å². The molecule has 2 heterocycles. The van der Waals surface area contributed by atoms with E-state index in [-0.39, 0.29) is 30.2 Å². The van der Waals surface area contributed by atoms with Crippen molar-refractivity contribution < 1.29 is 19.5 Å². The molecule has 7 heteroatoms. The number of aliphatic carboxylic acids is 1. The van der Waals surface area contributed by atoms with Gasteiger partial charge in [0.15, 0.2) is 0 Å². The standard InChI is InChI=1S/C14H14N2O4S/c17-12-7-16(9(6-15-12)14(19)20)13(18)11-5-8-3-1-2-4-10(8)21-11/h1-4,9,11H,5-7H2,(H,15,17)(H,19,20). The van der Waals surface area contributed by atoms with E-state index in [2.05, 4.69) is 5.32 Å². The summed E-state index contributed by atoms with van der Waals surface area (Å²) in [5, 5.41) is 11.3. The average Bonchev–Trinajstić information content (AvgIpc) is 2.89. The third kappa shape index (κ3) is 2.61. The van der Waals surface area contributed by atoms with E-state index in [1.165, 1.54) is 16.7 Å². The molecule has 6 nitrogen and oxygen atoms in total. The van der Waals surface area contributed by atoms with E-state index >= 15 is 0 Å². The summed E-state index contributed by atoms with van der Waals surface area (Å²) in [7, 11) is 0. The molecule has 1 aromatic rings. The first-order valence-electron chi connectivity index (χ1n) is 6.61. The number of piperazine rings is 1. The molecule has 2 aliphatic rings. The van der Waals surface area contributed by atoms with E-state index in [0.29, 0.717) is 6.42 Å². The van der Waals surface area contributed by atoms with Crippen LogP contribution in [0.2, 0.25) is 0 Å². The van der Waals surface area contributed by atoms with Gasteiger partial charge in [-0.3, -0.25) is 9.59 Å². The van der Waals surface area contributed by atoms with Crippen molar-refractivity contribution in [2.75, 3.05) is 13.1 Å². The second kappa shape index (κ2) is 5.40. The molecular formula is C14H14N2O4S. The lowest BCUT2D eigenvalue weighted by Crippen LogP contribution is -2.60. The number of amides is 2. The highest BCUT2D eigenvalue weighted by molar-refractivity contribution is 8.01. The predicted octanol–water partition coefficient (Wildman–Crippen LogP) is 0.115. The minimum atomic E-state index is -1.09. The van der Waals surface area contributed by atoms with Crippen molar-refractivity contribution >= 4 is 29.5 Å². The predicted molar refractivity (Wildman–Crippen MR) is 75.9 cm³/mol. The lowest BCUT2D eigenvalue weighted by Gasteiger charge is -2.34. The smallest absolute Gasteiger partial charge is 0.328 e. The number of hydrogen-bond acceptors (Lipinski definition) is 4. The lowest BCUT2D eigenvalue weighted by atomic mass is 10.1. The Morgan fingerprint density at radius 3 is 2.81 bits per heavy atom. The molecule has 21 heavy (non-hydrogen) atoms. The zero-order chi connectivity index (χ0) is 15.0. The molecule has 1 saturated heterocycles. The van der Waals surface area contributed by atoms with Crippen LogP contribution in [0.15, 0.2) is 29.2 Å². The molecule has 2 unspecified atom stereocenters. The van der Waals surface area contributed by atoms with Gasteiger partial charge < -0.3 is 15.3 Å². The van der Waals surface area contributed by atoms with E-state index < -0.39 is 12.0 Å². The molecule has 2 atom stereocenters. The highest BCUT2D eigenvalue weighted by Gasteiger charge is 2.40. The normalized spacial score (nSPS) is 24.4. The topological polar surface area (TPSA) is 86.7 Å². The Bertz CT molecular complexity index is 594. The summed E-state index contributed by atoms with van der Waals surface area (Å²) in [5.41, 5.74) is 1.09. The van der Waals surface area contributed by atoms with Crippen molar-refractivity contribution in [2.24, 2.45) is 0 Å². The van der Waals surface area contributed by atoms with E-state index in [4.69, 9.17) is 0 Å². The van der Waals surface area contributed by atoms with Crippen LogP contribution >= 0.6 is 11.8 Å². The Labute approximate surface area is 125 Å². The van der Waals surface area contributed by atoms with Crippen LogP contribution in [0.1, 0.15) is 5.56 Å². The van der Waals surface area contributed by atoms with Gasteiger partial charge in [0.2, 0.25) is 11.8 Å². The van der Waals surface area contributed by atoms with Crippen LogP contribution < -0.4 is 5.32 Å². The van der Waals surface area contributed by atoms with Crippen molar-refractivity contribution in [3.05, 3.63) is 29.8 Å². The summed E-state index contributed by atoms with van der Waals surface area (Å²) < 4.78 is 0. The number of fused-ring (bicyclic) bond motifs is 1. The number of carbonyl (C=O) groups excluding carboxylic acids is 2. The number of benzene rings is 1. The second-order valence-corrected chi connectivity index (χ2v) is 6.29. The number of carbonyl (C=O) groups is 3. The van der Waals surface area contributed by atoms with Gasteiger partial charge in [0, 0.05) is 11.4 Å². The molecule has 0 bridgehead atoms. The minimum absolute atomic E-state index is 0.0375. The van der Waals surface area contributed by atoms with Gasteiger partial charge in [0.05, 0.1) is 5.25 Å². The maximum Gasteiger partial charge on any atom is 0.328 e. The van der Waals surface area contributed by atoms with E-state index in [9.17, 15) is 19.5 Å². The molecule has 1 aromatic carbocycles. The zero-order valence-electron chi connectivity index (χ0n) is 11.1. The SMILES string of the molecule is O=C1CN(C(=O)C2Cc3ccccc3S2)C(C(=O)O)CN1. The average molecular weight is 306 g/mol. The fraction of sp³-hybridized carbons (Fsp3) is 0.357. The third-order valence-corrected chi connectivity index (χ3v) is 4.98. The summed E-state index contributed by atoms with van der Waals surface area (Å²) in [6, 6.07) is 6.76. The zero-order valence-corrected chi connectivity index (χ0v) is 11.9. The number of carboxylic acids is 1. The molecule has 2 N–H and O–H groups in total. The second-order valence-electron chi connectivity index (χ2n) is 5.04. The fourth-order valence-electron chi connectivity index (χ4n) is 2.60. The van der Waals surface area contributed by atoms with Gasteiger partial charge in [-0.05, 0) is 18.1 Å². The molecule has 2 aliphatic heterocycles. The van der Waals surface area contributed by atoms with Crippen LogP contribution in [0.4, 0.5) is 0 Å². The lowest BCUT2D eigenvalue weighted by molar-refractivity contribution is -0.153. The van der Waals surface area contributed by atoms with Crippen LogP contribution in [0.5, 0.6) is 0 Å². The van der Waals surface area contributed by atoms with Crippen LogP contribution in [0, 0.1) is 0 Å². The van der Waals surface area contributed by atoms with Gasteiger partial charge in [0.1, 0.15) is 12.6 Å². The van der Waals surface area contributed by atoms with Crippen molar-refractivity contribution in [2.45, 2.75) is 22.6 Å². The molecule has 2 amide bonds. The van der Waals surface area contributed by atoms with E-state index in [1.54, 1.807) is 0 Å². The molecule has 0 aromatic heterocycles. The van der Waals surface area contributed by atoms with Gasteiger partial charge in [0.25, 0.3) is 0 Å². The van der Waals surface area contributed by atoms with Crippen LogP contribution in [-0.4, -0.2) is 52.2 Å². The maximum absolute atomic E-state index is 12.6. The van der Waals surface area contributed by atoms with Crippen molar-refractivity contribution in [3.8, 4) is 0 Å². The first kappa shape index (κ1) is 13.9. The van der Waals surface area contributed by atoms with Gasteiger partial charge in [-0.25, -0.2) is 4.79 Å². The molecular weight excluding hydrogens is 292 g/mol. The van der Waals surface area contributed by atoms with E-state index in [0.717, 1.165) is 10.5 Å². The third-order valence-electron chi connectivity index (χ3n) is 3.67. The Kier molecular flexibility index (Phi) is 3.59. The number of thioether (sulfide) groups is 1.